The zero-order valence-corrected chi connectivity index (χ0v) is 14.4. The quantitative estimate of drug-likeness (QED) is 0.709. The molecule has 0 aromatic carbocycles. The van der Waals surface area contributed by atoms with E-state index >= 15 is 0 Å². The number of rotatable bonds is 7. The van der Waals surface area contributed by atoms with Crippen molar-refractivity contribution in [2.75, 3.05) is 26.7 Å². The smallest absolute Gasteiger partial charge is 0.0546 e. The van der Waals surface area contributed by atoms with E-state index in [4.69, 9.17) is 0 Å². The van der Waals surface area contributed by atoms with Crippen LogP contribution in [0, 0.1) is 11.3 Å². The zero-order valence-electron chi connectivity index (χ0n) is 14.4. The van der Waals surface area contributed by atoms with Gasteiger partial charge >= 0.3 is 0 Å². The van der Waals surface area contributed by atoms with Crippen LogP contribution in [0.2, 0.25) is 0 Å². The Hall–Kier alpha value is -0.120. The molecule has 0 aromatic heterocycles. The molecule has 0 aliphatic heterocycles. The van der Waals surface area contributed by atoms with Gasteiger partial charge in [0.25, 0.3) is 0 Å². The van der Waals surface area contributed by atoms with Crippen LogP contribution in [0.3, 0.4) is 0 Å². The lowest BCUT2D eigenvalue weighted by Crippen LogP contribution is -2.46. The molecule has 0 unspecified atom stereocenters. The second-order valence-electron chi connectivity index (χ2n) is 8.14. The Morgan fingerprint density at radius 1 is 1.14 bits per heavy atom. The topological polar surface area (TPSA) is 35.5 Å². The second kappa shape index (κ2) is 7.94. The first-order chi connectivity index (χ1) is 9.99. The molecule has 0 spiro atoms. The van der Waals surface area contributed by atoms with E-state index in [1.807, 2.05) is 0 Å². The molecular formula is C18H36N2O. The first kappa shape index (κ1) is 17.2. The van der Waals surface area contributed by atoms with E-state index in [0.29, 0.717) is 11.5 Å². The van der Waals surface area contributed by atoms with Crippen molar-refractivity contribution in [2.45, 2.75) is 77.4 Å². The van der Waals surface area contributed by atoms with Gasteiger partial charge in [-0.3, -0.25) is 0 Å². The van der Waals surface area contributed by atoms with Crippen LogP contribution in [0.5, 0.6) is 0 Å². The molecule has 0 amide bonds. The summed E-state index contributed by atoms with van der Waals surface area (Å²) in [5.41, 5.74) is 0.470. The molecule has 3 heteroatoms. The molecule has 2 fully saturated rings. The minimum atomic E-state index is -0.0159. The summed E-state index contributed by atoms with van der Waals surface area (Å²) in [6.07, 6.45) is 10.4. The zero-order chi connectivity index (χ0) is 15.3. The molecular weight excluding hydrogens is 260 g/mol. The van der Waals surface area contributed by atoms with E-state index < -0.39 is 0 Å². The Labute approximate surface area is 131 Å². The largest absolute Gasteiger partial charge is 0.393 e. The SMILES string of the molecule is CC(C)NCC1(CN(C)CC2CC(O)C2)CCCCCC1. The van der Waals surface area contributed by atoms with Gasteiger partial charge in [0.05, 0.1) is 6.10 Å². The highest BCUT2D eigenvalue weighted by atomic mass is 16.3. The van der Waals surface area contributed by atoms with Gasteiger partial charge in [0, 0.05) is 25.7 Å². The number of aliphatic hydroxyl groups excluding tert-OH is 1. The molecule has 0 bridgehead atoms. The maximum Gasteiger partial charge on any atom is 0.0546 e. The van der Waals surface area contributed by atoms with Crippen LogP contribution >= 0.6 is 0 Å². The third-order valence-electron chi connectivity index (χ3n) is 5.44. The van der Waals surface area contributed by atoms with Crippen LogP contribution in [-0.4, -0.2) is 48.8 Å². The molecule has 0 atom stereocenters. The van der Waals surface area contributed by atoms with Crippen molar-refractivity contribution in [1.82, 2.24) is 10.2 Å². The molecule has 0 aromatic rings. The number of hydrogen-bond acceptors (Lipinski definition) is 3. The van der Waals surface area contributed by atoms with Crippen molar-refractivity contribution >= 4 is 0 Å². The van der Waals surface area contributed by atoms with Crippen LogP contribution in [0.25, 0.3) is 0 Å². The summed E-state index contributed by atoms with van der Waals surface area (Å²) >= 11 is 0. The monoisotopic (exact) mass is 296 g/mol. The van der Waals surface area contributed by atoms with Crippen LogP contribution in [0.1, 0.15) is 65.2 Å². The maximum atomic E-state index is 9.46. The van der Waals surface area contributed by atoms with Gasteiger partial charge < -0.3 is 15.3 Å². The molecule has 3 nitrogen and oxygen atoms in total. The van der Waals surface area contributed by atoms with Crippen molar-refractivity contribution in [2.24, 2.45) is 11.3 Å². The third kappa shape index (κ3) is 5.54. The van der Waals surface area contributed by atoms with E-state index in [9.17, 15) is 5.11 Å². The average Bonchev–Trinajstić information content (AvgIpc) is 2.61. The van der Waals surface area contributed by atoms with E-state index in [0.717, 1.165) is 18.8 Å². The van der Waals surface area contributed by atoms with Gasteiger partial charge in [-0.1, -0.05) is 39.5 Å². The highest BCUT2D eigenvalue weighted by Crippen LogP contribution is 2.36. The Kier molecular flexibility index (Phi) is 6.51. The lowest BCUT2D eigenvalue weighted by molar-refractivity contribution is 0.0200. The predicted molar refractivity (Wildman–Crippen MR) is 89.5 cm³/mol. The summed E-state index contributed by atoms with van der Waals surface area (Å²) < 4.78 is 0. The minimum Gasteiger partial charge on any atom is -0.393 e. The Morgan fingerprint density at radius 3 is 2.29 bits per heavy atom. The van der Waals surface area contributed by atoms with Crippen molar-refractivity contribution in [3.8, 4) is 0 Å². The molecule has 2 rings (SSSR count). The van der Waals surface area contributed by atoms with Crippen LogP contribution in [0.4, 0.5) is 0 Å². The van der Waals surface area contributed by atoms with Crippen molar-refractivity contribution in [1.29, 1.82) is 0 Å². The fourth-order valence-corrected chi connectivity index (χ4v) is 4.22. The van der Waals surface area contributed by atoms with Crippen LogP contribution in [0.15, 0.2) is 0 Å². The highest BCUT2D eigenvalue weighted by molar-refractivity contribution is 4.88. The summed E-state index contributed by atoms with van der Waals surface area (Å²) in [6, 6.07) is 0.581. The molecule has 0 saturated heterocycles. The van der Waals surface area contributed by atoms with Gasteiger partial charge in [-0.2, -0.15) is 0 Å². The normalized spacial score (nSPS) is 29.4. The Bertz CT molecular complexity index is 292. The minimum absolute atomic E-state index is 0.0159. The number of aliphatic hydroxyl groups is 1. The van der Waals surface area contributed by atoms with E-state index in [1.165, 1.54) is 58.2 Å². The molecule has 124 valence electrons. The van der Waals surface area contributed by atoms with E-state index in [1.54, 1.807) is 0 Å². The predicted octanol–water partition coefficient (Wildman–Crippen LogP) is 3.03. The molecule has 21 heavy (non-hydrogen) atoms. The summed E-state index contributed by atoms with van der Waals surface area (Å²) in [7, 11) is 2.28. The summed E-state index contributed by atoms with van der Waals surface area (Å²) in [5.74, 6) is 0.728. The third-order valence-corrected chi connectivity index (χ3v) is 5.44. The van der Waals surface area contributed by atoms with Gasteiger partial charge in [-0.05, 0) is 44.1 Å². The van der Waals surface area contributed by atoms with Gasteiger partial charge in [0.15, 0.2) is 0 Å². The summed E-state index contributed by atoms with van der Waals surface area (Å²) in [5, 5.41) is 13.2. The molecule has 0 heterocycles. The first-order valence-electron chi connectivity index (χ1n) is 9.09. The van der Waals surface area contributed by atoms with Gasteiger partial charge in [-0.25, -0.2) is 0 Å². The van der Waals surface area contributed by atoms with Crippen molar-refractivity contribution in [3.05, 3.63) is 0 Å². The highest BCUT2D eigenvalue weighted by Gasteiger charge is 2.34. The second-order valence-corrected chi connectivity index (χ2v) is 8.14. The lowest BCUT2D eigenvalue weighted by Gasteiger charge is -2.40. The van der Waals surface area contributed by atoms with Gasteiger partial charge in [-0.15, -0.1) is 0 Å². The van der Waals surface area contributed by atoms with Gasteiger partial charge in [0.2, 0.25) is 0 Å². The van der Waals surface area contributed by atoms with Gasteiger partial charge in [0.1, 0.15) is 0 Å². The standard InChI is InChI=1S/C18H36N2O/c1-15(2)19-13-18(8-6-4-5-7-9-18)14-20(3)12-16-10-17(21)11-16/h15-17,19,21H,4-14H2,1-3H3. The maximum absolute atomic E-state index is 9.46. The Morgan fingerprint density at radius 2 is 1.76 bits per heavy atom. The number of hydrogen-bond donors (Lipinski definition) is 2. The molecule has 2 aliphatic rings. The molecule has 2 saturated carbocycles. The molecule has 2 aliphatic carbocycles. The summed E-state index contributed by atoms with van der Waals surface area (Å²) in [4.78, 5) is 2.55. The van der Waals surface area contributed by atoms with Crippen molar-refractivity contribution < 1.29 is 5.11 Å². The lowest BCUT2D eigenvalue weighted by atomic mass is 9.78. The Balaban J connectivity index is 1.87. The number of nitrogens with one attached hydrogen (secondary N) is 1. The fourth-order valence-electron chi connectivity index (χ4n) is 4.22. The van der Waals surface area contributed by atoms with E-state index in [2.05, 4.69) is 31.1 Å². The first-order valence-corrected chi connectivity index (χ1v) is 9.09. The number of nitrogens with zero attached hydrogens (tertiary/aromatic N) is 1. The molecule has 0 radical (unpaired) electrons. The van der Waals surface area contributed by atoms with Crippen molar-refractivity contribution in [3.63, 3.8) is 0 Å². The molecule has 2 N–H and O–H groups in total. The average molecular weight is 296 g/mol. The fraction of sp³-hybridized carbons (Fsp3) is 1.00. The van der Waals surface area contributed by atoms with Crippen LogP contribution < -0.4 is 5.32 Å². The summed E-state index contributed by atoms with van der Waals surface area (Å²) in [6.45, 7) is 8.07. The van der Waals surface area contributed by atoms with Crippen LogP contribution in [-0.2, 0) is 0 Å². The van der Waals surface area contributed by atoms with E-state index in [-0.39, 0.29) is 6.10 Å².